The Morgan fingerprint density at radius 3 is 2.62 bits per heavy atom. The van der Waals surface area contributed by atoms with Gasteiger partial charge in [0.1, 0.15) is 0 Å². The predicted molar refractivity (Wildman–Crippen MR) is 40.7 cm³/mol. The predicted octanol–water partition coefficient (Wildman–Crippen LogP) is 1.76. The van der Waals surface area contributed by atoms with E-state index in [-0.39, 0.29) is 6.42 Å². The van der Waals surface area contributed by atoms with Crippen LogP contribution in [0.15, 0.2) is 11.6 Å². The number of halogens is 3. The normalized spacial score (nSPS) is 23.9. The topological polar surface area (TPSA) is 43.1 Å². The molecule has 1 aliphatic rings. The summed E-state index contributed by atoms with van der Waals surface area (Å²) in [5.74, 6) is -1.42. The molecule has 0 aromatic carbocycles. The van der Waals surface area contributed by atoms with Crippen molar-refractivity contribution in [3.05, 3.63) is 11.6 Å². The zero-order valence-electron chi connectivity index (χ0n) is 6.90. The highest BCUT2D eigenvalue weighted by Crippen LogP contribution is 2.34. The van der Waals surface area contributed by atoms with Crippen LogP contribution in [0.5, 0.6) is 0 Å². The van der Waals surface area contributed by atoms with E-state index in [9.17, 15) is 18.0 Å². The van der Waals surface area contributed by atoms with E-state index in [1.54, 1.807) is 0 Å². The summed E-state index contributed by atoms with van der Waals surface area (Å²) < 4.78 is 36.5. The van der Waals surface area contributed by atoms with Crippen molar-refractivity contribution < 1.29 is 18.0 Å². The fourth-order valence-corrected chi connectivity index (χ4v) is 1.38. The standard InChI is InChI=1S/C8H10F3NO/c9-8(10,11)6-3-1-2-5(4-6)7(12)13/h4-5H,1-3H2,(H2,12,13). The number of amides is 1. The molecule has 0 spiro atoms. The van der Waals surface area contributed by atoms with Crippen LogP contribution in [0.1, 0.15) is 19.3 Å². The van der Waals surface area contributed by atoms with Crippen molar-refractivity contribution in [3.8, 4) is 0 Å². The third-order valence-corrected chi connectivity index (χ3v) is 2.09. The number of hydrogen-bond acceptors (Lipinski definition) is 1. The van der Waals surface area contributed by atoms with Gasteiger partial charge in [-0.05, 0) is 19.3 Å². The van der Waals surface area contributed by atoms with Gasteiger partial charge in [-0.15, -0.1) is 0 Å². The van der Waals surface area contributed by atoms with Gasteiger partial charge in [0.2, 0.25) is 5.91 Å². The average molecular weight is 193 g/mol. The summed E-state index contributed by atoms with van der Waals surface area (Å²) >= 11 is 0. The minimum absolute atomic E-state index is 0.00667. The third kappa shape index (κ3) is 2.47. The van der Waals surface area contributed by atoms with E-state index in [1.807, 2.05) is 0 Å². The molecule has 0 saturated carbocycles. The van der Waals surface area contributed by atoms with Crippen LogP contribution in [0.3, 0.4) is 0 Å². The van der Waals surface area contributed by atoms with E-state index in [4.69, 9.17) is 5.73 Å². The monoisotopic (exact) mass is 193 g/mol. The minimum atomic E-state index is -4.31. The Hall–Kier alpha value is -1.00. The quantitative estimate of drug-likeness (QED) is 0.633. The van der Waals surface area contributed by atoms with E-state index < -0.39 is 23.6 Å². The number of carbonyl (C=O) groups excluding carboxylic acids is 1. The molecule has 1 aliphatic carbocycles. The molecule has 0 bridgehead atoms. The lowest BCUT2D eigenvalue weighted by atomic mass is 9.90. The Kier molecular flexibility index (Phi) is 2.63. The summed E-state index contributed by atoms with van der Waals surface area (Å²) in [5, 5.41) is 0. The van der Waals surface area contributed by atoms with Gasteiger partial charge in [-0.3, -0.25) is 4.79 Å². The first-order valence-electron chi connectivity index (χ1n) is 3.98. The van der Waals surface area contributed by atoms with Gasteiger partial charge in [0.25, 0.3) is 0 Å². The zero-order chi connectivity index (χ0) is 10.1. The van der Waals surface area contributed by atoms with Gasteiger partial charge < -0.3 is 5.73 Å². The lowest BCUT2D eigenvalue weighted by molar-refractivity contribution is -0.121. The van der Waals surface area contributed by atoms with Gasteiger partial charge in [-0.2, -0.15) is 13.2 Å². The summed E-state index contributed by atoms with van der Waals surface area (Å²) in [6.07, 6.45) is -2.57. The van der Waals surface area contributed by atoms with Gasteiger partial charge in [0.05, 0.1) is 5.92 Å². The first-order valence-corrected chi connectivity index (χ1v) is 3.98. The average Bonchev–Trinajstić information content (AvgIpc) is 2.03. The van der Waals surface area contributed by atoms with Crippen molar-refractivity contribution in [1.82, 2.24) is 0 Å². The van der Waals surface area contributed by atoms with Crippen molar-refractivity contribution >= 4 is 5.91 Å². The van der Waals surface area contributed by atoms with Crippen LogP contribution in [0.25, 0.3) is 0 Å². The summed E-state index contributed by atoms with van der Waals surface area (Å²) in [7, 11) is 0. The van der Waals surface area contributed by atoms with Gasteiger partial charge >= 0.3 is 6.18 Å². The molecule has 1 rings (SSSR count). The van der Waals surface area contributed by atoms with Crippen LogP contribution in [-0.4, -0.2) is 12.1 Å². The molecular formula is C8H10F3NO. The SMILES string of the molecule is NC(=O)C1C=C(C(F)(F)F)CCC1. The minimum Gasteiger partial charge on any atom is -0.369 e. The third-order valence-electron chi connectivity index (χ3n) is 2.09. The maximum absolute atomic E-state index is 12.2. The van der Waals surface area contributed by atoms with Crippen LogP contribution in [0, 0.1) is 5.92 Å². The van der Waals surface area contributed by atoms with Gasteiger partial charge in [0, 0.05) is 5.57 Å². The number of primary amides is 1. The van der Waals surface area contributed by atoms with Crippen LogP contribution in [0.2, 0.25) is 0 Å². The molecule has 1 amide bonds. The molecule has 1 atom stereocenters. The molecule has 0 heterocycles. The smallest absolute Gasteiger partial charge is 0.369 e. The first kappa shape index (κ1) is 10.1. The molecule has 0 aliphatic heterocycles. The molecule has 0 radical (unpaired) electrons. The van der Waals surface area contributed by atoms with E-state index in [1.165, 1.54) is 0 Å². The lowest BCUT2D eigenvalue weighted by Crippen LogP contribution is -2.26. The Labute approximate surface area is 73.6 Å². The molecule has 74 valence electrons. The van der Waals surface area contributed by atoms with E-state index in [2.05, 4.69) is 0 Å². The highest BCUT2D eigenvalue weighted by molar-refractivity contribution is 5.78. The Morgan fingerprint density at radius 2 is 2.15 bits per heavy atom. The first-order chi connectivity index (χ1) is 5.91. The zero-order valence-corrected chi connectivity index (χ0v) is 6.90. The van der Waals surface area contributed by atoms with Crippen molar-refractivity contribution in [3.63, 3.8) is 0 Å². The van der Waals surface area contributed by atoms with E-state index in [0.717, 1.165) is 6.08 Å². The Bertz CT molecular complexity index is 244. The number of hydrogen-bond donors (Lipinski definition) is 1. The number of carbonyl (C=O) groups is 1. The molecule has 0 fully saturated rings. The number of allylic oxidation sites excluding steroid dienone is 1. The maximum Gasteiger partial charge on any atom is 0.412 e. The number of alkyl halides is 3. The summed E-state index contributed by atoms with van der Waals surface area (Å²) in [5.41, 5.74) is 4.30. The van der Waals surface area contributed by atoms with Crippen LogP contribution in [0.4, 0.5) is 13.2 Å². The second-order valence-corrected chi connectivity index (χ2v) is 3.09. The lowest BCUT2D eigenvalue weighted by Gasteiger charge is -2.20. The number of rotatable bonds is 1. The molecule has 2 nitrogen and oxygen atoms in total. The fourth-order valence-electron chi connectivity index (χ4n) is 1.38. The van der Waals surface area contributed by atoms with Crippen molar-refractivity contribution in [2.75, 3.05) is 0 Å². The molecule has 13 heavy (non-hydrogen) atoms. The van der Waals surface area contributed by atoms with Gasteiger partial charge in [-0.25, -0.2) is 0 Å². The maximum atomic E-state index is 12.2. The van der Waals surface area contributed by atoms with Crippen molar-refractivity contribution in [2.45, 2.75) is 25.4 Å². The highest BCUT2D eigenvalue weighted by atomic mass is 19.4. The van der Waals surface area contributed by atoms with Gasteiger partial charge in [-0.1, -0.05) is 6.08 Å². The van der Waals surface area contributed by atoms with Crippen molar-refractivity contribution in [1.29, 1.82) is 0 Å². The van der Waals surface area contributed by atoms with Crippen molar-refractivity contribution in [2.24, 2.45) is 11.7 Å². The second-order valence-electron chi connectivity index (χ2n) is 3.09. The molecule has 0 aromatic rings. The Morgan fingerprint density at radius 1 is 1.54 bits per heavy atom. The van der Waals surface area contributed by atoms with Crippen LogP contribution in [-0.2, 0) is 4.79 Å². The number of nitrogens with two attached hydrogens (primary N) is 1. The van der Waals surface area contributed by atoms with Crippen LogP contribution >= 0.6 is 0 Å². The molecule has 2 N–H and O–H groups in total. The molecule has 0 aromatic heterocycles. The van der Waals surface area contributed by atoms with E-state index in [0.29, 0.717) is 12.8 Å². The largest absolute Gasteiger partial charge is 0.412 e. The van der Waals surface area contributed by atoms with E-state index >= 15 is 0 Å². The Balaban J connectivity index is 2.81. The summed E-state index contributed by atoms with van der Waals surface area (Å²) in [4.78, 5) is 10.6. The van der Waals surface area contributed by atoms with Crippen LogP contribution < -0.4 is 5.73 Å². The summed E-state index contributed by atoms with van der Waals surface area (Å²) in [6.45, 7) is 0. The molecule has 1 unspecified atom stereocenters. The van der Waals surface area contributed by atoms with Gasteiger partial charge in [0.15, 0.2) is 0 Å². The molecule has 0 saturated heterocycles. The molecule has 5 heteroatoms. The summed E-state index contributed by atoms with van der Waals surface area (Å²) in [6, 6.07) is 0. The molecular weight excluding hydrogens is 183 g/mol. The fraction of sp³-hybridized carbons (Fsp3) is 0.625. The highest BCUT2D eigenvalue weighted by Gasteiger charge is 2.36. The second kappa shape index (κ2) is 3.40.